The van der Waals surface area contributed by atoms with Crippen molar-refractivity contribution >= 4 is 5.78 Å². The number of carbonyl (C=O) groups is 1. The van der Waals surface area contributed by atoms with E-state index in [1.807, 2.05) is 19.1 Å². The molecule has 0 bridgehead atoms. The largest absolute Gasteiger partial charge is 0.485 e. The van der Waals surface area contributed by atoms with Gasteiger partial charge in [0.1, 0.15) is 5.75 Å². The van der Waals surface area contributed by atoms with Gasteiger partial charge in [0.05, 0.1) is 0 Å². The number of halogens is 2. The number of benzene rings is 2. The first kappa shape index (κ1) is 13.2. The highest BCUT2D eigenvalue weighted by Crippen LogP contribution is 2.14. The zero-order valence-electron chi connectivity index (χ0n) is 10.3. The van der Waals surface area contributed by atoms with Crippen LogP contribution in [-0.4, -0.2) is 12.4 Å². The van der Waals surface area contributed by atoms with Crippen LogP contribution >= 0.6 is 0 Å². The van der Waals surface area contributed by atoms with Crippen molar-refractivity contribution in [2.24, 2.45) is 0 Å². The first-order valence-electron chi connectivity index (χ1n) is 5.74. The van der Waals surface area contributed by atoms with Crippen LogP contribution in [0.5, 0.6) is 5.75 Å². The molecule has 98 valence electrons. The monoisotopic (exact) mass is 262 g/mol. The van der Waals surface area contributed by atoms with Crippen LogP contribution in [0.25, 0.3) is 0 Å². The second-order valence-corrected chi connectivity index (χ2v) is 4.16. The number of rotatable bonds is 4. The lowest BCUT2D eigenvalue weighted by Gasteiger charge is -2.06. The molecule has 2 aromatic rings. The average Bonchev–Trinajstić information content (AvgIpc) is 2.39. The molecule has 0 aromatic heterocycles. The van der Waals surface area contributed by atoms with E-state index in [2.05, 4.69) is 0 Å². The Morgan fingerprint density at radius 1 is 1.11 bits per heavy atom. The highest BCUT2D eigenvalue weighted by molar-refractivity contribution is 5.97. The summed E-state index contributed by atoms with van der Waals surface area (Å²) in [5.74, 6) is -1.85. The molecule has 2 nitrogen and oxygen atoms in total. The minimum absolute atomic E-state index is 0.0894. The van der Waals surface area contributed by atoms with E-state index in [0.29, 0.717) is 5.75 Å². The zero-order valence-corrected chi connectivity index (χ0v) is 10.3. The standard InChI is InChI=1S/C15H12F2O2/c1-10-3-2-4-12(7-10)19-9-15(18)11-5-6-13(16)14(17)8-11/h2-8H,9H2,1H3. The van der Waals surface area contributed by atoms with E-state index in [4.69, 9.17) is 4.74 Å². The number of carbonyl (C=O) groups excluding carboxylic acids is 1. The SMILES string of the molecule is Cc1cccc(OCC(=O)c2ccc(F)c(F)c2)c1. The summed E-state index contributed by atoms with van der Waals surface area (Å²) < 4.78 is 31.0. The highest BCUT2D eigenvalue weighted by atomic mass is 19.2. The molecule has 19 heavy (non-hydrogen) atoms. The molecule has 0 aliphatic heterocycles. The third kappa shape index (κ3) is 3.37. The fraction of sp³-hybridized carbons (Fsp3) is 0.133. The summed E-state index contributed by atoms with van der Waals surface area (Å²) in [6.45, 7) is 1.69. The van der Waals surface area contributed by atoms with Crippen LogP contribution in [0.15, 0.2) is 42.5 Å². The summed E-state index contributed by atoms with van der Waals surface area (Å²) in [5, 5.41) is 0. The van der Waals surface area contributed by atoms with Crippen molar-refractivity contribution < 1.29 is 18.3 Å². The fourth-order valence-corrected chi connectivity index (χ4v) is 1.61. The summed E-state index contributed by atoms with van der Waals surface area (Å²) >= 11 is 0. The van der Waals surface area contributed by atoms with Gasteiger partial charge >= 0.3 is 0 Å². The first-order valence-corrected chi connectivity index (χ1v) is 5.74. The van der Waals surface area contributed by atoms with Gasteiger partial charge in [-0.3, -0.25) is 4.79 Å². The molecule has 0 atom stereocenters. The lowest BCUT2D eigenvalue weighted by atomic mass is 10.1. The molecule has 0 unspecified atom stereocenters. The van der Waals surface area contributed by atoms with Crippen LogP contribution < -0.4 is 4.74 Å². The van der Waals surface area contributed by atoms with Gasteiger partial charge in [0.25, 0.3) is 0 Å². The predicted molar refractivity (Wildman–Crippen MR) is 67.4 cm³/mol. The van der Waals surface area contributed by atoms with Crippen LogP contribution in [0.4, 0.5) is 8.78 Å². The van der Waals surface area contributed by atoms with E-state index in [9.17, 15) is 13.6 Å². The van der Waals surface area contributed by atoms with Crippen molar-refractivity contribution in [3.63, 3.8) is 0 Å². The van der Waals surface area contributed by atoms with E-state index in [0.717, 1.165) is 17.7 Å². The lowest BCUT2D eigenvalue weighted by molar-refractivity contribution is 0.0921. The maximum absolute atomic E-state index is 13.0. The van der Waals surface area contributed by atoms with Crippen molar-refractivity contribution in [3.05, 3.63) is 65.2 Å². The minimum atomic E-state index is -1.04. The average molecular weight is 262 g/mol. The molecule has 0 saturated heterocycles. The molecule has 0 N–H and O–H groups in total. The van der Waals surface area contributed by atoms with Gasteiger partial charge in [-0.2, -0.15) is 0 Å². The molecule has 0 saturated carbocycles. The Morgan fingerprint density at radius 2 is 1.89 bits per heavy atom. The number of ether oxygens (including phenoxy) is 1. The molecule has 0 aliphatic rings. The van der Waals surface area contributed by atoms with Crippen LogP contribution in [0.3, 0.4) is 0 Å². The molecule has 0 heterocycles. The number of hydrogen-bond donors (Lipinski definition) is 0. The molecule has 0 amide bonds. The maximum atomic E-state index is 13.0. The highest BCUT2D eigenvalue weighted by Gasteiger charge is 2.10. The van der Waals surface area contributed by atoms with Crippen LogP contribution in [0.1, 0.15) is 15.9 Å². The van der Waals surface area contributed by atoms with Gasteiger partial charge in [0.15, 0.2) is 24.0 Å². The third-order valence-corrected chi connectivity index (χ3v) is 2.60. The van der Waals surface area contributed by atoms with Crippen LogP contribution in [-0.2, 0) is 0 Å². The second-order valence-electron chi connectivity index (χ2n) is 4.16. The molecule has 2 aromatic carbocycles. The topological polar surface area (TPSA) is 26.3 Å². The first-order chi connectivity index (χ1) is 9.06. The number of Topliss-reactive ketones (excluding diaryl/α,β-unsaturated/α-hetero) is 1. The van der Waals surface area contributed by atoms with Gasteiger partial charge in [-0.1, -0.05) is 12.1 Å². The normalized spacial score (nSPS) is 10.3. The Hall–Kier alpha value is -2.23. The summed E-state index contributed by atoms with van der Waals surface area (Å²) in [6, 6.07) is 10.3. The van der Waals surface area contributed by atoms with Crippen molar-refractivity contribution in [2.75, 3.05) is 6.61 Å². The van der Waals surface area contributed by atoms with E-state index in [-0.39, 0.29) is 12.2 Å². The van der Waals surface area contributed by atoms with E-state index in [1.54, 1.807) is 12.1 Å². The van der Waals surface area contributed by atoms with Crippen molar-refractivity contribution in [3.8, 4) is 5.75 Å². The number of ketones is 1. The maximum Gasteiger partial charge on any atom is 0.200 e. The van der Waals surface area contributed by atoms with E-state index in [1.165, 1.54) is 6.07 Å². The number of hydrogen-bond acceptors (Lipinski definition) is 2. The molecule has 4 heteroatoms. The zero-order chi connectivity index (χ0) is 13.8. The quantitative estimate of drug-likeness (QED) is 0.788. The molecular weight excluding hydrogens is 250 g/mol. The number of aryl methyl sites for hydroxylation is 1. The van der Waals surface area contributed by atoms with Crippen molar-refractivity contribution in [2.45, 2.75) is 6.92 Å². The lowest BCUT2D eigenvalue weighted by Crippen LogP contribution is -2.12. The second kappa shape index (κ2) is 5.61. The fourth-order valence-electron chi connectivity index (χ4n) is 1.61. The van der Waals surface area contributed by atoms with Crippen molar-refractivity contribution in [1.82, 2.24) is 0 Å². The molecule has 0 spiro atoms. The van der Waals surface area contributed by atoms with Crippen LogP contribution in [0, 0.1) is 18.6 Å². The molecule has 2 rings (SSSR count). The summed E-state index contributed by atoms with van der Waals surface area (Å²) in [5.41, 5.74) is 1.10. The summed E-state index contributed by atoms with van der Waals surface area (Å²) in [4.78, 5) is 11.8. The Bertz CT molecular complexity index is 609. The van der Waals surface area contributed by atoms with E-state index < -0.39 is 17.4 Å². The molecular formula is C15H12F2O2. The van der Waals surface area contributed by atoms with E-state index >= 15 is 0 Å². The Kier molecular flexibility index (Phi) is 3.90. The smallest absolute Gasteiger partial charge is 0.200 e. The Morgan fingerprint density at radius 3 is 2.58 bits per heavy atom. The molecule has 0 radical (unpaired) electrons. The van der Waals surface area contributed by atoms with Crippen molar-refractivity contribution in [1.29, 1.82) is 0 Å². The van der Waals surface area contributed by atoms with Gasteiger partial charge in [0, 0.05) is 5.56 Å². The van der Waals surface area contributed by atoms with Gasteiger partial charge in [-0.15, -0.1) is 0 Å². The van der Waals surface area contributed by atoms with Crippen LogP contribution in [0.2, 0.25) is 0 Å². The summed E-state index contributed by atoms with van der Waals surface area (Å²) in [7, 11) is 0. The third-order valence-electron chi connectivity index (χ3n) is 2.60. The van der Waals surface area contributed by atoms with Gasteiger partial charge in [-0.25, -0.2) is 8.78 Å². The van der Waals surface area contributed by atoms with Gasteiger partial charge < -0.3 is 4.74 Å². The Balaban J connectivity index is 2.03. The summed E-state index contributed by atoms with van der Waals surface area (Å²) in [6.07, 6.45) is 0. The Labute approximate surface area is 109 Å². The van der Waals surface area contributed by atoms with Gasteiger partial charge in [0.2, 0.25) is 0 Å². The van der Waals surface area contributed by atoms with Gasteiger partial charge in [-0.05, 0) is 42.8 Å². The minimum Gasteiger partial charge on any atom is -0.485 e. The molecule has 0 aliphatic carbocycles. The predicted octanol–water partition coefficient (Wildman–Crippen LogP) is 3.53. The molecule has 0 fully saturated rings.